The highest BCUT2D eigenvalue weighted by molar-refractivity contribution is 5.95. The van der Waals surface area contributed by atoms with Crippen molar-refractivity contribution in [3.05, 3.63) is 96.1 Å². The van der Waals surface area contributed by atoms with Crippen LogP contribution in [0.2, 0.25) is 0 Å². The van der Waals surface area contributed by atoms with Gasteiger partial charge in [0.2, 0.25) is 0 Å². The van der Waals surface area contributed by atoms with Crippen LogP contribution < -0.4 is 0 Å². The SMILES string of the molecule is O=C(CCCCc1ccc(-c2ccccc2)cc1)c1ccccc1. The largest absolute Gasteiger partial charge is 0.294 e. The first-order valence-corrected chi connectivity index (χ1v) is 8.55. The topological polar surface area (TPSA) is 17.1 Å². The predicted octanol–water partition coefficient (Wildman–Crippen LogP) is 5.95. The number of hydrogen-bond acceptors (Lipinski definition) is 1. The number of unbranched alkanes of at least 4 members (excludes halogenated alkanes) is 1. The van der Waals surface area contributed by atoms with Gasteiger partial charge >= 0.3 is 0 Å². The van der Waals surface area contributed by atoms with E-state index in [0.717, 1.165) is 24.8 Å². The number of carbonyl (C=O) groups is 1. The van der Waals surface area contributed by atoms with E-state index in [2.05, 4.69) is 48.5 Å². The minimum atomic E-state index is 0.245. The van der Waals surface area contributed by atoms with Crippen molar-refractivity contribution in [2.24, 2.45) is 0 Å². The van der Waals surface area contributed by atoms with Gasteiger partial charge in [-0.15, -0.1) is 0 Å². The molecular formula is C23H22O. The van der Waals surface area contributed by atoms with E-state index in [1.54, 1.807) is 0 Å². The number of hydrogen-bond donors (Lipinski definition) is 0. The molecule has 0 spiro atoms. The normalized spacial score (nSPS) is 10.5. The van der Waals surface area contributed by atoms with Crippen molar-refractivity contribution >= 4 is 5.78 Å². The van der Waals surface area contributed by atoms with E-state index in [4.69, 9.17) is 0 Å². The summed E-state index contributed by atoms with van der Waals surface area (Å²) in [5, 5.41) is 0. The molecule has 3 aromatic rings. The molecule has 0 unspecified atom stereocenters. The second-order valence-corrected chi connectivity index (χ2v) is 6.06. The third-order valence-electron chi connectivity index (χ3n) is 4.28. The van der Waals surface area contributed by atoms with Crippen molar-refractivity contribution in [2.45, 2.75) is 25.7 Å². The molecule has 24 heavy (non-hydrogen) atoms. The minimum absolute atomic E-state index is 0.245. The summed E-state index contributed by atoms with van der Waals surface area (Å²) in [4.78, 5) is 12.1. The zero-order valence-corrected chi connectivity index (χ0v) is 13.8. The average molecular weight is 314 g/mol. The van der Waals surface area contributed by atoms with Gasteiger partial charge in [0.1, 0.15) is 0 Å². The Bertz CT molecular complexity index is 758. The molecule has 0 aliphatic rings. The highest BCUT2D eigenvalue weighted by Crippen LogP contribution is 2.20. The van der Waals surface area contributed by atoms with Gasteiger partial charge in [0.25, 0.3) is 0 Å². The molecule has 0 aliphatic carbocycles. The maximum Gasteiger partial charge on any atom is 0.162 e. The molecule has 0 radical (unpaired) electrons. The first-order chi connectivity index (χ1) is 11.8. The summed E-state index contributed by atoms with van der Waals surface area (Å²) in [6.45, 7) is 0. The lowest BCUT2D eigenvalue weighted by molar-refractivity contribution is 0.0979. The van der Waals surface area contributed by atoms with E-state index < -0.39 is 0 Å². The fourth-order valence-electron chi connectivity index (χ4n) is 2.88. The van der Waals surface area contributed by atoms with Crippen LogP contribution in [0.4, 0.5) is 0 Å². The van der Waals surface area contributed by atoms with Crippen LogP contribution in [0.25, 0.3) is 11.1 Å². The first-order valence-electron chi connectivity index (χ1n) is 8.55. The molecule has 1 heteroatoms. The number of ketones is 1. The van der Waals surface area contributed by atoms with Crippen molar-refractivity contribution in [2.75, 3.05) is 0 Å². The Kier molecular flexibility index (Phi) is 5.57. The van der Waals surface area contributed by atoms with Crippen molar-refractivity contribution in [3.8, 4) is 11.1 Å². The summed E-state index contributed by atoms with van der Waals surface area (Å²) in [5.41, 5.74) is 4.66. The molecule has 0 heterocycles. The average Bonchev–Trinajstić information content (AvgIpc) is 2.67. The summed E-state index contributed by atoms with van der Waals surface area (Å²) in [5.74, 6) is 0.245. The van der Waals surface area contributed by atoms with Crippen LogP contribution in [0.1, 0.15) is 35.2 Å². The number of benzene rings is 3. The lowest BCUT2D eigenvalue weighted by Crippen LogP contribution is -1.98. The van der Waals surface area contributed by atoms with E-state index in [-0.39, 0.29) is 5.78 Å². The monoisotopic (exact) mass is 314 g/mol. The Balaban J connectivity index is 1.46. The molecule has 0 aliphatic heterocycles. The van der Waals surface area contributed by atoms with Crippen LogP contribution in [0.5, 0.6) is 0 Å². The van der Waals surface area contributed by atoms with Crippen molar-refractivity contribution in [3.63, 3.8) is 0 Å². The van der Waals surface area contributed by atoms with Crippen molar-refractivity contribution < 1.29 is 4.79 Å². The molecule has 0 N–H and O–H groups in total. The van der Waals surface area contributed by atoms with Crippen LogP contribution in [0.3, 0.4) is 0 Å². The van der Waals surface area contributed by atoms with Crippen LogP contribution in [-0.4, -0.2) is 5.78 Å². The van der Waals surface area contributed by atoms with Crippen LogP contribution in [-0.2, 0) is 6.42 Å². The quantitative estimate of drug-likeness (QED) is 0.389. The highest BCUT2D eigenvalue weighted by atomic mass is 16.1. The van der Waals surface area contributed by atoms with E-state index in [9.17, 15) is 4.79 Å². The third kappa shape index (κ3) is 4.42. The van der Waals surface area contributed by atoms with E-state index >= 15 is 0 Å². The van der Waals surface area contributed by atoms with Gasteiger partial charge in [-0.2, -0.15) is 0 Å². The van der Waals surface area contributed by atoms with Gasteiger partial charge in [-0.05, 0) is 36.0 Å². The summed E-state index contributed by atoms with van der Waals surface area (Å²) in [6, 6.07) is 28.7. The molecule has 0 amide bonds. The van der Waals surface area contributed by atoms with Gasteiger partial charge < -0.3 is 0 Å². The van der Waals surface area contributed by atoms with Crippen molar-refractivity contribution in [1.29, 1.82) is 0 Å². The van der Waals surface area contributed by atoms with E-state index in [1.165, 1.54) is 16.7 Å². The zero-order chi connectivity index (χ0) is 16.6. The molecular weight excluding hydrogens is 292 g/mol. The fourth-order valence-corrected chi connectivity index (χ4v) is 2.88. The Hall–Kier alpha value is -2.67. The molecule has 0 atom stereocenters. The summed E-state index contributed by atoms with van der Waals surface area (Å²) < 4.78 is 0. The highest BCUT2D eigenvalue weighted by Gasteiger charge is 2.04. The van der Waals surface area contributed by atoms with Gasteiger partial charge in [-0.25, -0.2) is 0 Å². The van der Waals surface area contributed by atoms with Crippen molar-refractivity contribution in [1.82, 2.24) is 0 Å². The zero-order valence-electron chi connectivity index (χ0n) is 13.8. The summed E-state index contributed by atoms with van der Waals surface area (Å²) in [6.07, 6.45) is 3.64. The Morgan fingerprint density at radius 2 is 1.21 bits per heavy atom. The third-order valence-corrected chi connectivity index (χ3v) is 4.28. The van der Waals surface area contributed by atoms with Crippen LogP contribution in [0, 0.1) is 0 Å². The molecule has 0 fully saturated rings. The molecule has 120 valence electrons. The fraction of sp³-hybridized carbons (Fsp3) is 0.174. The number of Topliss-reactive ketones (excluding diaryl/α,β-unsaturated/α-hetero) is 1. The maximum absolute atomic E-state index is 12.1. The van der Waals surface area contributed by atoms with E-state index in [1.807, 2.05) is 36.4 Å². The molecule has 0 bridgehead atoms. The number of carbonyl (C=O) groups excluding carboxylic acids is 1. The Morgan fingerprint density at radius 3 is 1.88 bits per heavy atom. The van der Waals surface area contributed by atoms with Gasteiger partial charge in [0.05, 0.1) is 0 Å². The van der Waals surface area contributed by atoms with Gasteiger partial charge in [-0.3, -0.25) is 4.79 Å². The van der Waals surface area contributed by atoms with Crippen LogP contribution >= 0.6 is 0 Å². The molecule has 0 aromatic heterocycles. The lowest BCUT2D eigenvalue weighted by atomic mass is 10.00. The predicted molar refractivity (Wildman–Crippen MR) is 100 cm³/mol. The second-order valence-electron chi connectivity index (χ2n) is 6.06. The second kappa shape index (κ2) is 8.26. The first kappa shape index (κ1) is 16.2. The number of rotatable bonds is 7. The minimum Gasteiger partial charge on any atom is -0.294 e. The summed E-state index contributed by atoms with van der Waals surface area (Å²) >= 11 is 0. The van der Waals surface area contributed by atoms with E-state index in [0.29, 0.717) is 6.42 Å². The molecule has 3 rings (SSSR count). The summed E-state index contributed by atoms with van der Waals surface area (Å²) in [7, 11) is 0. The van der Waals surface area contributed by atoms with Crippen LogP contribution in [0.15, 0.2) is 84.9 Å². The Morgan fingerprint density at radius 1 is 0.625 bits per heavy atom. The lowest BCUT2D eigenvalue weighted by Gasteiger charge is -2.05. The molecule has 0 saturated carbocycles. The van der Waals surface area contributed by atoms with Gasteiger partial charge in [0, 0.05) is 12.0 Å². The van der Waals surface area contributed by atoms with Gasteiger partial charge in [-0.1, -0.05) is 84.9 Å². The standard InChI is InChI=1S/C23H22O/c24-23(22-12-5-2-6-13-22)14-8-7-9-19-15-17-21(18-16-19)20-10-3-1-4-11-20/h1-6,10-13,15-18H,7-9,14H2. The Labute approximate surface area is 144 Å². The molecule has 1 nitrogen and oxygen atoms in total. The maximum atomic E-state index is 12.1. The molecule has 3 aromatic carbocycles. The van der Waals surface area contributed by atoms with Gasteiger partial charge in [0.15, 0.2) is 5.78 Å². The smallest absolute Gasteiger partial charge is 0.162 e. The molecule has 0 saturated heterocycles. The number of aryl methyl sites for hydroxylation is 1.